The van der Waals surface area contributed by atoms with Crippen LogP contribution >= 0.6 is 0 Å². The molecule has 0 bridgehead atoms. The average molecular weight is 286 g/mol. The molecule has 1 aromatic rings. The molecule has 1 amide bonds. The van der Waals surface area contributed by atoms with Crippen molar-refractivity contribution in [3.8, 4) is 0 Å². The van der Waals surface area contributed by atoms with Crippen LogP contribution in [-0.2, 0) is 16.1 Å². The Balaban J connectivity index is 2.54. The Morgan fingerprint density at radius 3 is 2.70 bits per heavy atom. The van der Waals surface area contributed by atoms with Crippen molar-refractivity contribution in [3.63, 3.8) is 0 Å². The van der Waals surface area contributed by atoms with Crippen LogP contribution in [0.3, 0.4) is 0 Å². The molecule has 1 unspecified atom stereocenters. The van der Waals surface area contributed by atoms with Crippen LogP contribution in [0.4, 0.5) is 8.78 Å². The summed E-state index contributed by atoms with van der Waals surface area (Å²) in [6.07, 6.45) is 1.22. The first kappa shape index (κ1) is 16.5. The lowest BCUT2D eigenvalue weighted by Crippen LogP contribution is -2.41. The van der Waals surface area contributed by atoms with Crippen molar-refractivity contribution in [1.29, 1.82) is 0 Å². The van der Waals surface area contributed by atoms with Crippen molar-refractivity contribution in [2.75, 3.05) is 20.8 Å². The lowest BCUT2D eigenvalue weighted by Gasteiger charge is -2.21. The molecular formula is C14H20F2N2O2. The van der Waals surface area contributed by atoms with Gasteiger partial charge in [0, 0.05) is 27.3 Å². The summed E-state index contributed by atoms with van der Waals surface area (Å²) in [5.41, 5.74) is 6.30. The Labute approximate surface area is 117 Å². The van der Waals surface area contributed by atoms with Gasteiger partial charge < -0.3 is 15.4 Å². The summed E-state index contributed by atoms with van der Waals surface area (Å²) in [7, 11) is 3.17. The van der Waals surface area contributed by atoms with Gasteiger partial charge in [-0.25, -0.2) is 8.78 Å². The van der Waals surface area contributed by atoms with E-state index in [9.17, 15) is 13.6 Å². The number of ether oxygens (including phenoxy) is 1. The lowest BCUT2D eigenvalue weighted by atomic mass is 10.1. The summed E-state index contributed by atoms with van der Waals surface area (Å²) in [5, 5.41) is 0. The smallest absolute Gasteiger partial charge is 0.239 e. The quantitative estimate of drug-likeness (QED) is 0.776. The summed E-state index contributed by atoms with van der Waals surface area (Å²) in [4.78, 5) is 13.4. The van der Waals surface area contributed by atoms with Crippen molar-refractivity contribution < 1.29 is 18.3 Å². The van der Waals surface area contributed by atoms with E-state index in [1.54, 1.807) is 14.2 Å². The van der Waals surface area contributed by atoms with Gasteiger partial charge in [-0.05, 0) is 30.5 Å². The number of hydrogen-bond donors (Lipinski definition) is 1. The number of nitrogens with two attached hydrogens (primary N) is 1. The van der Waals surface area contributed by atoms with Gasteiger partial charge in [0.05, 0.1) is 6.04 Å². The van der Waals surface area contributed by atoms with Crippen LogP contribution in [0.15, 0.2) is 18.2 Å². The molecular weight excluding hydrogens is 266 g/mol. The third-order valence-electron chi connectivity index (χ3n) is 2.96. The van der Waals surface area contributed by atoms with Gasteiger partial charge in [0.25, 0.3) is 0 Å². The van der Waals surface area contributed by atoms with E-state index in [4.69, 9.17) is 10.5 Å². The van der Waals surface area contributed by atoms with Crippen LogP contribution in [0.1, 0.15) is 18.4 Å². The highest BCUT2D eigenvalue weighted by molar-refractivity contribution is 5.81. The molecule has 0 aromatic heterocycles. The Hall–Kier alpha value is -1.53. The first-order valence-electron chi connectivity index (χ1n) is 6.39. The van der Waals surface area contributed by atoms with Crippen molar-refractivity contribution >= 4 is 5.91 Å². The van der Waals surface area contributed by atoms with Crippen LogP contribution in [-0.4, -0.2) is 37.6 Å². The van der Waals surface area contributed by atoms with Crippen LogP contribution in [0, 0.1) is 11.6 Å². The molecule has 0 fully saturated rings. The zero-order valence-corrected chi connectivity index (χ0v) is 11.7. The molecule has 0 aliphatic carbocycles. The van der Waals surface area contributed by atoms with E-state index >= 15 is 0 Å². The standard InChI is InChI=1S/C14H20F2N2O2/c1-18(14(19)13(17)4-3-7-20-2)9-10-5-6-11(15)12(16)8-10/h5-6,8,13H,3-4,7,9,17H2,1-2H3. The molecule has 20 heavy (non-hydrogen) atoms. The summed E-state index contributed by atoms with van der Waals surface area (Å²) >= 11 is 0. The molecule has 0 radical (unpaired) electrons. The van der Waals surface area contributed by atoms with Crippen LogP contribution in [0.25, 0.3) is 0 Å². The number of nitrogens with zero attached hydrogens (tertiary/aromatic N) is 1. The monoisotopic (exact) mass is 286 g/mol. The average Bonchev–Trinajstić information content (AvgIpc) is 2.42. The number of hydrogen-bond acceptors (Lipinski definition) is 3. The Bertz CT molecular complexity index is 455. The summed E-state index contributed by atoms with van der Waals surface area (Å²) < 4.78 is 30.8. The number of likely N-dealkylation sites (N-methyl/N-ethyl adjacent to an activating group) is 1. The number of methoxy groups -OCH3 is 1. The highest BCUT2D eigenvalue weighted by atomic mass is 19.2. The number of carbonyl (C=O) groups excluding carboxylic acids is 1. The molecule has 112 valence electrons. The molecule has 1 rings (SSSR count). The maximum absolute atomic E-state index is 13.1. The second kappa shape index (κ2) is 7.91. The zero-order chi connectivity index (χ0) is 15.1. The van der Waals surface area contributed by atoms with Gasteiger partial charge in [0.15, 0.2) is 11.6 Å². The molecule has 1 atom stereocenters. The van der Waals surface area contributed by atoms with Gasteiger partial charge >= 0.3 is 0 Å². The Morgan fingerprint density at radius 1 is 1.40 bits per heavy atom. The molecule has 0 saturated heterocycles. The number of carbonyl (C=O) groups is 1. The molecule has 0 heterocycles. The SMILES string of the molecule is COCCCC(N)C(=O)N(C)Cc1ccc(F)c(F)c1. The van der Waals surface area contributed by atoms with Crippen molar-refractivity contribution in [2.45, 2.75) is 25.4 Å². The van der Waals surface area contributed by atoms with Crippen molar-refractivity contribution in [2.24, 2.45) is 5.73 Å². The number of halogens is 2. The van der Waals surface area contributed by atoms with Gasteiger partial charge in [0.2, 0.25) is 5.91 Å². The molecule has 6 heteroatoms. The van der Waals surface area contributed by atoms with E-state index in [1.165, 1.54) is 11.0 Å². The molecule has 0 aliphatic heterocycles. The predicted molar refractivity (Wildman–Crippen MR) is 71.9 cm³/mol. The first-order chi connectivity index (χ1) is 9.45. The van der Waals surface area contributed by atoms with Gasteiger partial charge in [0.1, 0.15) is 0 Å². The summed E-state index contributed by atoms with van der Waals surface area (Å²) in [5.74, 6) is -2.06. The van der Waals surface area contributed by atoms with Crippen molar-refractivity contribution in [1.82, 2.24) is 4.90 Å². The third kappa shape index (κ3) is 4.86. The van der Waals surface area contributed by atoms with E-state index in [2.05, 4.69) is 0 Å². The van der Waals surface area contributed by atoms with Crippen LogP contribution < -0.4 is 5.73 Å². The second-order valence-electron chi connectivity index (χ2n) is 4.68. The zero-order valence-electron chi connectivity index (χ0n) is 11.7. The molecule has 0 saturated carbocycles. The first-order valence-corrected chi connectivity index (χ1v) is 6.39. The van der Waals surface area contributed by atoms with E-state index in [-0.39, 0.29) is 12.5 Å². The number of amides is 1. The molecule has 2 N–H and O–H groups in total. The minimum atomic E-state index is -0.923. The minimum Gasteiger partial charge on any atom is -0.385 e. The van der Waals surface area contributed by atoms with E-state index < -0.39 is 17.7 Å². The second-order valence-corrected chi connectivity index (χ2v) is 4.68. The topological polar surface area (TPSA) is 55.6 Å². The molecule has 1 aromatic carbocycles. The molecule has 0 aliphatic rings. The predicted octanol–water partition coefficient (Wildman–Crippen LogP) is 1.68. The normalized spacial score (nSPS) is 12.2. The fourth-order valence-electron chi connectivity index (χ4n) is 1.84. The Morgan fingerprint density at radius 2 is 2.10 bits per heavy atom. The Kier molecular flexibility index (Phi) is 6.54. The highest BCUT2D eigenvalue weighted by Gasteiger charge is 2.18. The highest BCUT2D eigenvalue weighted by Crippen LogP contribution is 2.11. The van der Waals surface area contributed by atoms with Gasteiger partial charge in [-0.2, -0.15) is 0 Å². The van der Waals surface area contributed by atoms with Gasteiger partial charge in [-0.15, -0.1) is 0 Å². The minimum absolute atomic E-state index is 0.189. The largest absolute Gasteiger partial charge is 0.385 e. The van der Waals surface area contributed by atoms with E-state index in [1.807, 2.05) is 0 Å². The molecule has 0 spiro atoms. The third-order valence-corrected chi connectivity index (χ3v) is 2.96. The maximum Gasteiger partial charge on any atom is 0.239 e. The maximum atomic E-state index is 13.1. The van der Waals surface area contributed by atoms with Gasteiger partial charge in [-0.1, -0.05) is 6.07 Å². The fourth-order valence-corrected chi connectivity index (χ4v) is 1.84. The lowest BCUT2D eigenvalue weighted by molar-refractivity contribution is -0.132. The summed E-state index contributed by atoms with van der Waals surface area (Å²) in [6, 6.07) is 2.95. The molecule has 4 nitrogen and oxygen atoms in total. The van der Waals surface area contributed by atoms with Crippen LogP contribution in [0.5, 0.6) is 0 Å². The van der Waals surface area contributed by atoms with E-state index in [0.717, 1.165) is 12.1 Å². The van der Waals surface area contributed by atoms with Crippen LogP contribution in [0.2, 0.25) is 0 Å². The fraction of sp³-hybridized carbons (Fsp3) is 0.500. The number of rotatable bonds is 7. The van der Waals surface area contributed by atoms with Crippen molar-refractivity contribution in [3.05, 3.63) is 35.4 Å². The summed E-state index contributed by atoms with van der Waals surface area (Å²) in [6.45, 7) is 0.738. The number of benzene rings is 1. The van der Waals surface area contributed by atoms with E-state index in [0.29, 0.717) is 25.0 Å². The van der Waals surface area contributed by atoms with Gasteiger partial charge in [-0.3, -0.25) is 4.79 Å².